The van der Waals surface area contributed by atoms with Crippen molar-refractivity contribution < 1.29 is 9.32 Å². The standard InChI is InChI=1S/C6H9N3O2.C2H6/c1-3-7-6(10)5-8-4(2)11-9-5;1-2/h3H2,1-2H3,(H,7,10);1-2H3. The number of hydrogen-bond acceptors (Lipinski definition) is 4. The summed E-state index contributed by atoms with van der Waals surface area (Å²) in [6.45, 7) is 8.02. The number of amides is 1. The zero-order chi connectivity index (χ0) is 10.3. The molecule has 1 N–H and O–H groups in total. The summed E-state index contributed by atoms with van der Waals surface area (Å²) in [6.07, 6.45) is 0. The van der Waals surface area contributed by atoms with Crippen molar-refractivity contribution in [3.63, 3.8) is 0 Å². The number of aryl methyl sites for hydroxylation is 1. The van der Waals surface area contributed by atoms with Gasteiger partial charge in [0.1, 0.15) is 0 Å². The summed E-state index contributed by atoms with van der Waals surface area (Å²) in [5.41, 5.74) is 0. The van der Waals surface area contributed by atoms with Crippen LogP contribution in [0, 0.1) is 6.92 Å². The molecule has 0 radical (unpaired) electrons. The van der Waals surface area contributed by atoms with Crippen LogP contribution in [0.2, 0.25) is 0 Å². The van der Waals surface area contributed by atoms with Crippen molar-refractivity contribution in [1.82, 2.24) is 15.5 Å². The minimum atomic E-state index is -0.302. The summed E-state index contributed by atoms with van der Waals surface area (Å²) >= 11 is 0. The summed E-state index contributed by atoms with van der Waals surface area (Å²) < 4.78 is 4.61. The van der Waals surface area contributed by atoms with Crippen LogP contribution in [0.15, 0.2) is 4.52 Å². The molecule has 74 valence electrons. The molecule has 5 heteroatoms. The van der Waals surface area contributed by atoms with Crippen LogP contribution < -0.4 is 5.32 Å². The molecule has 0 aromatic carbocycles. The quantitative estimate of drug-likeness (QED) is 0.750. The lowest BCUT2D eigenvalue weighted by molar-refractivity contribution is 0.0942. The molecule has 1 aromatic heterocycles. The molecule has 1 heterocycles. The number of nitrogens with zero attached hydrogens (tertiary/aromatic N) is 2. The Labute approximate surface area is 77.5 Å². The van der Waals surface area contributed by atoms with E-state index in [1.54, 1.807) is 6.92 Å². The van der Waals surface area contributed by atoms with E-state index < -0.39 is 0 Å². The Morgan fingerprint density at radius 3 is 2.54 bits per heavy atom. The highest BCUT2D eigenvalue weighted by Gasteiger charge is 2.10. The molecule has 1 aromatic rings. The largest absolute Gasteiger partial charge is 0.349 e. The van der Waals surface area contributed by atoms with E-state index in [1.165, 1.54) is 0 Å². The highest BCUT2D eigenvalue weighted by atomic mass is 16.5. The third-order valence-electron chi connectivity index (χ3n) is 1.07. The van der Waals surface area contributed by atoms with Crippen molar-refractivity contribution in [1.29, 1.82) is 0 Å². The molecule has 1 rings (SSSR count). The number of carbonyl (C=O) groups excluding carboxylic acids is 1. The second kappa shape index (κ2) is 6.16. The van der Waals surface area contributed by atoms with Gasteiger partial charge in [0, 0.05) is 13.5 Å². The van der Waals surface area contributed by atoms with Gasteiger partial charge in [-0.15, -0.1) is 0 Å². The Kier molecular flexibility index (Phi) is 5.50. The Morgan fingerprint density at radius 1 is 1.54 bits per heavy atom. The molecule has 0 fully saturated rings. The Morgan fingerprint density at radius 2 is 2.15 bits per heavy atom. The van der Waals surface area contributed by atoms with E-state index in [2.05, 4.69) is 20.0 Å². The zero-order valence-corrected chi connectivity index (χ0v) is 8.42. The number of carbonyl (C=O) groups is 1. The molecule has 5 nitrogen and oxygen atoms in total. The predicted molar refractivity (Wildman–Crippen MR) is 48.4 cm³/mol. The lowest BCUT2D eigenvalue weighted by Gasteiger charge is -1.92. The maximum atomic E-state index is 11.0. The highest BCUT2D eigenvalue weighted by molar-refractivity contribution is 5.90. The summed E-state index contributed by atoms with van der Waals surface area (Å²) in [4.78, 5) is 14.7. The fourth-order valence-electron chi connectivity index (χ4n) is 0.631. The summed E-state index contributed by atoms with van der Waals surface area (Å²) in [7, 11) is 0. The Bertz CT molecular complexity index is 258. The first-order valence-electron chi connectivity index (χ1n) is 4.32. The summed E-state index contributed by atoms with van der Waals surface area (Å²) in [5, 5.41) is 5.99. The van der Waals surface area contributed by atoms with Gasteiger partial charge in [-0.1, -0.05) is 19.0 Å². The Balaban J connectivity index is 0.000000671. The molecule has 0 aliphatic heterocycles. The van der Waals surface area contributed by atoms with Crippen LogP contribution in [0.1, 0.15) is 37.3 Å². The fraction of sp³-hybridized carbons (Fsp3) is 0.625. The maximum absolute atomic E-state index is 11.0. The van der Waals surface area contributed by atoms with Crippen molar-refractivity contribution >= 4 is 5.91 Å². The van der Waals surface area contributed by atoms with Gasteiger partial charge in [-0.2, -0.15) is 4.98 Å². The molecule has 0 aliphatic carbocycles. The monoisotopic (exact) mass is 185 g/mol. The fourth-order valence-corrected chi connectivity index (χ4v) is 0.631. The van der Waals surface area contributed by atoms with E-state index >= 15 is 0 Å². The second-order valence-electron chi connectivity index (χ2n) is 2.00. The summed E-state index contributed by atoms with van der Waals surface area (Å²) in [5.74, 6) is 0.181. The first-order chi connectivity index (χ1) is 6.24. The van der Waals surface area contributed by atoms with E-state index in [9.17, 15) is 4.79 Å². The molecule has 13 heavy (non-hydrogen) atoms. The molecule has 0 spiro atoms. The molecule has 0 saturated carbocycles. The summed E-state index contributed by atoms with van der Waals surface area (Å²) in [6, 6.07) is 0. The van der Waals surface area contributed by atoms with Gasteiger partial charge in [0.05, 0.1) is 0 Å². The predicted octanol–water partition coefficient (Wildman–Crippen LogP) is 1.15. The number of nitrogens with one attached hydrogen (secondary N) is 1. The van der Waals surface area contributed by atoms with Gasteiger partial charge in [0.25, 0.3) is 11.7 Å². The van der Waals surface area contributed by atoms with E-state index in [1.807, 2.05) is 20.8 Å². The van der Waals surface area contributed by atoms with Crippen molar-refractivity contribution in [3.8, 4) is 0 Å². The van der Waals surface area contributed by atoms with E-state index in [0.29, 0.717) is 12.4 Å². The molecular weight excluding hydrogens is 170 g/mol. The van der Waals surface area contributed by atoms with Crippen LogP contribution in [0.3, 0.4) is 0 Å². The smallest absolute Gasteiger partial charge is 0.292 e. The van der Waals surface area contributed by atoms with Gasteiger partial charge in [-0.3, -0.25) is 4.79 Å². The van der Waals surface area contributed by atoms with Crippen LogP contribution in [0.5, 0.6) is 0 Å². The molecule has 0 atom stereocenters. The first kappa shape index (κ1) is 11.6. The number of rotatable bonds is 2. The van der Waals surface area contributed by atoms with Crippen molar-refractivity contribution in [2.45, 2.75) is 27.7 Å². The van der Waals surface area contributed by atoms with E-state index in [0.717, 1.165) is 0 Å². The maximum Gasteiger partial charge on any atom is 0.292 e. The third kappa shape index (κ3) is 3.68. The van der Waals surface area contributed by atoms with Gasteiger partial charge >= 0.3 is 0 Å². The number of hydrogen-bond donors (Lipinski definition) is 1. The highest BCUT2D eigenvalue weighted by Crippen LogP contribution is 1.93. The van der Waals surface area contributed by atoms with Crippen molar-refractivity contribution in [3.05, 3.63) is 11.7 Å². The molecule has 0 bridgehead atoms. The molecule has 0 saturated heterocycles. The lowest BCUT2D eigenvalue weighted by atomic mass is 10.5. The zero-order valence-electron chi connectivity index (χ0n) is 8.42. The van der Waals surface area contributed by atoms with E-state index in [-0.39, 0.29) is 11.7 Å². The van der Waals surface area contributed by atoms with Crippen molar-refractivity contribution in [2.75, 3.05) is 6.54 Å². The van der Waals surface area contributed by atoms with Gasteiger partial charge in [-0.05, 0) is 6.92 Å². The van der Waals surface area contributed by atoms with Crippen LogP contribution in [-0.4, -0.2) is 22.6 Å². The minimum Gasteiger partial charge on any atom is -0.349 e. The molecule has 0 aliphatic rings. The van der Waals surface area contributed by atoms with Crippen LogP contribution in [0.25, 0.3) is 0 Å². The minimum absolute atomic E-state index is 0.0874. The van der Waals surface area contributed by atoms with Gasteiger partial charge < -0.3 is 9.84 Å². The van der Waals surface area contributed by atoms with Gasteiger partial charge in [0.2, 0.25) is 5.89 Å². The van der Waals surface area contributed by atoms with Crippen LogP contribution in [-0.2, 0) is 0 Å². The lowest BCUT2D eigenvalue weighted by Crippen LogP contribution is -2.23. The van der Waals surface area contributed by atoms with Crippen molar-refractivity contribution in [2.24, 2.45) is 0 Å². The number of aromatic nitrogens is 2. The van der Waals surface area contributed by atoms with Gasteiger partial charge in [-0.25, -0.2) is 0 Å². The molecule has 1 amide bonds. The average molecular weight is 185 g/mol. The first-order valence-corrected chi connectivity index (χ1v) is 4.32. The second-order valence-corrected chi connectivity index (χ2v) is 2.00. The Hall–Kier alpha value is -1.39. The normalized spacial score (nSPS) is 8.62. The van der Waals surface area contributed by atoms with E-state index in [4.69, 9.17) is 0 Å². The van der Waals surface area contributed by atoms with Crippen LogP contribution in [0.4, 0.5) is 0 Å². The van der Waals surface area contributed by atoms with Gasteiger partial charge in [0.15, 0.2) is 0 Å². The molecule has 0 unspecified atom stereocenters. The average Bonchev–Trinajstić information content (AvgIpc) is 2.56. The van der Waals surface area contributed by atoms with Crippen LogP contribution >= 0.6 is 0 Å². The topological polar surface area (TPSA) is 68.0 Å². The SMILES string of the molecule is CC.CCNC(=O)c1noc(C)n1. The third-order valence-corrected chi connectivity index (χ3v) is 1.07. The molecular formula is C8H15N3O2.